The van der Waals surface area contributed by atoms with Crippen molar-refractivity contribution in [1.82, 2.24) is 4.98 Å². The SMILES string of the molecule is COC(=O)Cc1c(C(F)F)cc(=O)[nH]c1C(F)(F)F. The van der Waals surface area contributed by atoms with Gasteiger partial charge in [-0.25, -0.2) is 8.78 Å². The largest absolute Gasteiger partial charge is 0.469 e. The lowest BCUT2D eigenvalue weighted by molar-refractivity contribution is -0.143. The quantitative estimate of drug-likeness (QED) is 0.683. The van der Waals surface area contributed by atoms with Gasteiger partial charge >= 0.3 is 12.1 Å². The van der Waals surface area contributed by atoms with Crippen LogP contribution in [-0.2, 0) is 22.1 Å². The summed E-state index contributed by atoms with van der Waals surface area (Å²) in [4.78, 5) is 23.4. The van der Waals surface area contributed by atoms with E-state index in [9.17, 15) is 31.5 Å². The number of carbonyl (C=O) groups is 1. The maximum Gasteiger partial charge on any atom is 0.431 e. The monoisotopic (exact) mass is 285 g/mol. The number of carbonyl (C=O) groups excluding carboxylic acids is 1. The molecule has 9 heteroatoms. The van der Waals surface area contributed by atoms with E-state index in [-0.39, 0.29) is 0 Å². The zero-order valence-electron chi connectivity index (χ0n) is 9.48. The second-order valence-electron chi connectivity index (χ2n) is 3.49. The topological polar surface area (TPSA) is 59.2 Å². The van der Waals surface area contributed by atoms with E-state index >= 15 is 0 Å². The van der Waals surface area contributed by atoms with Gasteiger partial charge in [0.1, 0.15) is 5.69 Å². The predicted octanol–water partition coefficient (Wildman–Crippen LogP) is 2.05. The van der Waals surface area contributed by atoms with Crippen molar-refractivity contribution < 1.29 is 31.5 Å². The van der Waals surface area contributed by atoms with Gasteiger partial charge in [0.05, 0.1) is 13.5 Å². The van der Waals surface area contributed by atoms with E-state index in [1.165, 1.54) is 4.98 Å². The molecule has 0 unspecified atom stereocenters. The molecule has 0 saturated carbocycles. The minimum Gasteiger partial charge on any atom is -0.469 e. The summed E-state index contributed by atoms with van der Waals surface area (Å²) in [7, 11) is 0.906. The first kappa shape index (κ1) is 15.1. The highest BCUT2D eigenvalue weighted by molar-refractivity contribution is 5.73. The number of esters is 1. The lowest BCUT2D eigenvalue weighted by Crippen LogP contribution is -2.23. The second kappa shape index (κ2) is 5.37. The van der Waals surface area contributed by atoms with Crippen LogP contribution in [0.1, 0.15) is 23.2 Å². The van der Waals surface area contributed by atoms with Crippen molar-refractivity contribution in [2.45, 2.75) is 19.0 Å². The summed E-state index contributed by atoms with van der Waals surface area (Å²) >= 11 is 0. The van der Waals surface area contributed by atoms with Gasteiger partial charge in [-0.2, -0.15) is 13.2 Å². The Balaban J connectivity index is 3.52. The van der Waals surface area contributed by atoms with Crippen LogP contribution >= 0.6 is 0 Å². The van der Waals surface area contributed by atoms with Gasteiger partial charge in [0.15, 0.2) is 0 Å². The van der Waals surface area contributed by atoms with Crippen LogP contribution in [-0.4, -0.2) is 18.1 Å². The first-order chi connectivity index (χ1) is 8.66. The van der Waals surface area contributed by atoms with E-state index in [1.54, 1.807) is 0 Å². The van der Waals surface area contributed by atoms with Gasteiger partial charge in [-0.3, -0.25) is 9.59 Å². The zero-order valence-corrected chi connectivity index (χ0v) is 9.48. The van der Waals surface area contributed by atoms with Gasteiger partial charge in [-0.15, -0.1) is 0 Å². The highest BCUT2D eigenvalue weighted by Gasteiger charge is 2.37. The lowest BCUT2D eigenvalue weighted by atomic mass is 10.0. The highest BCUT2D eigenvalue weighted by atomic mass is 19.4. The number of H-pyrrole nitrogens is 1. The minimum atomic E-state index is -5.06. The first-order valence-corrected chi connectivity index (χ1v) is 4.85. The van der Waals surface area contributed by atoms with Crippen LogP contribution < -0.4 is 5.56 Å². The third-order valence-electron chi connectivity index (χ3n) is 2.25. The number of aromatic amines is 1. The molecule has 1 heterocycles. The summed E-state index contributed by atoms with van der Waals surface area (Å²) in [5.74, 6) is -1.13. The van der Waals surface area contributed by atoms with E-state index < -0.39 is 47.4 Å². The highest BCUT2D eigenvalue weighted by Crippen LogP contribution is 2.34. The number of hydrogen-bond acceptors (Lipinski definition) is 3. The van der Waals surface area contributed by atoms with Crippen LogP contribution in [0, 0.1) is 0 Å². The minimum absolute atomic E-state index is 0.332. The Morgan fingerprint density at radius 1 is 1.42 bits per heavy atom. The van der Waals surface area contributed by atoms with Crippen molar-refractivity contribution in [2.75, 3.05) is 7.11 Å². The van der Waals surface area contributed by atoms with Gasteiger partial charge in [-0.1, -0.05) is 0 Å². The molecule has 0 bridgehead atoms. The Hall–Kier alpha value is -1.93. The van der Waals surface area contributed by atoms with Gasteiger partial charge in [0, 0.05) is 17.2 Å². The normalized spacial score (nSPS) is 11.7. The van der Waals surface area contributed by atoms with Gasteiger partial charge in [0.25, 0.3) is 6.43 Å². The summed E-state index contributed by atoms with van der Waals surface area (Å²) in [6.45, 7) is 0. The van der Waals surface area contributed by atoms with E-state index in [0.29, 0.717) is 6.07 Å². The van der Waals surface area contributed by atoms with Crippen LogP contribution in [0.3, 0.4) is 0 Å². The Morgan fingerprint density at radius 2 is 2.00 bits per heavy atom. The number of alkyl halides is 5. The van der Waals surface area contributed by atoms with Crippen LogP contribution in [0.25, 0.3) is 0 Å². The second-order valence-corrected chi connectivity index (χ2v) is 3.49. The van der Waals surface area contributed by atoms with Crippen molar-refractivity contribution in [1.29, 1.82) is 0 Å². The third-order valence-corrected chi connectivity index (χ3v) is 2.25. The summed E-state index contributed by atoms with van der Waals surface area (Å²) in [6, 6.07) is 0.332. The molecule has 0 spiro atoms. The molecule has 0 aliphatic heterocycles. The number of aromatic nitrogens is 1. The number of rotatable bonds is 3. The molecule has 0 radical (unpaired) electrons. The summed E-state index contributed by atoms with van der Waals surface area (Å²) in [5.41, 5.74) is -5.12. The van der Waals surface area contributed by atoms with Gasteiger partial charge < -0.3 is 9.72 Å². The van der Waals surface area contributed by atoms with Gasteiger partial charge in [0.2, 0.25) is 5.56 Å². The number of ether oxygens (including phenoxy) is 1. The zero-order chi connectivity index (χ0) is 14.8. The molecule has 0 atom stereocenters. The van der Waals surface area contributed by atoms with Crippen LogP contribution in [0.4, 0.5) is 22.0 Å². The summed E-state index contributed by atoms with van der Waals surface area (Å²) in [6.07, 6.45) is -9.39. The molecule has 0 amide bonds. The maximum absolute atomic E-state index is 12.7. The van der Waals surface area contributed by atoms with Crippen molar-refractivity contribution in [3.05, 3.63) is 33.2 Å². The predicted molar refractivity (Wildman–Crippen MR) is 52.7 cm³/mol. The summed E-state index contributed by atoms with van der Waals surface area (Å²) < 4.78 is 67.4. The van der Waals surface area contributed by atoms with Crippen LogP contribution in [0.2, 0.25) is 0 Å². The molecule has 1 aromatic rings. The Bertz CT molecular complexity index is 535. The molecule has 0 fully saturated rings. The molecule has 0 aliphatic carbocycles. The fraction of sp³-hybridized carbons (Fsp3) is 0.400. The maximum atomic E-state index is 12.7. The average Bonchev–Trinajstić information content (AvgIpc) is 2.28. The van der Waals surface area contributed by atoms with E-state index in [4.69, 9.17) is 0 Å². The number of hydrogen-bond donors (Lipinski definition) is 1. The van der Waals surface area contributed by atoms with Crippen molar-refractivity contribution in [3.8, 4) is 0 Å². The molecule has 0 aliphatic rings. The number of pyridine rings is 1. The molecule has 106 valence electrons. The van der Waals surface area contributed by atoms with Crippen molar-refractivity contribution >= 4 is 5.97 Å². The molecule has 0 aromatic carbocycles. The molecule has 0 saturated heterocycles. The molecule has 19 heavy (non-hydrogen) atoms. The van der Waals surface area contributed by atoms with Crippen LogP contribution in [0.5, 0.6) is 0 Å². The number of methoxy groups -OCH3 is 1. The third kappa shape index (κ3) is 3.52. The average molecular weight is 285 g/mol. The molecule has 1 N–H and O–H groups in total. The smallest absolute Gasteiger partial charge is 0.431 e. The van der Waals surface area contributed by atoms with E-state index in [0.717, 1.165) is 7.11 Å². The number of halogens is 5. The summed E-state index contributed by atoms with van der Waals surface area (Å²) in [5, 5.41) is 0. The Kier molecular flexibility index (Phi) is 4.28. The van der Waals surface area contributed by atoms with Crippen LogP contribution in [0.15, 0.2) is 10.9 Å². The lowest BCUT2D eigenvalue weighted by Gasteiger charge is -2.15. The Labute approximate surface area is 103 Å². The fourth-order valence-electron chi connectivity index (χ4n) is 1.45. The fourth-order valence-corrected chi connectivity index (χ4v) is 1.45. The number of nitrogens with one attached hydrogen (secondary N) is 1. The van der Waals surface area contributed by atoms with Gasteiger partial charge in [-0.05, 0) is 0 Å². The van der Waals surface area contributed by atoms with Crippen molar-refractivity contribution in [3.63, 3.8) is 0 Å². The molecular weight excluding hydrogens is 277 g/mol. The Morgan fingerprint density at radius 3 is 2.42 bits per heavy atom. The molecule has 1 aromatic heterocycles. The molecule has 4 nitrogen and oxygen atoms in total. The molecule has 1 rings (SSSR count). The molecular formula is C10H8F5NO3. The standard InChI is InChI=1S/C10H8F5NO3/c1-19-7(18)3-4-5(9(11)12)2-6(17)16-8(4)10(13,14)15/h2,9H,3H2,1H3,(H,16,17). The van der Waals surface area contributed by atoms with E-state index in [1.807, 2.05) is 0 Å². The van der Waals surface area contributed by atoms with E-state index in [2.05, 4.69) is 4.74 Å². The first-order valence-electron chi connectivity index (χ1n) is 4.85. The van der Waals surface area contributed by atoms with Crippen molar-refractivity contribution in [2.24, 2.45) is 0 Å².